The van der Waals surface area contributed by atoms with Crippen LogP contribution in [0.25, 0.3) is 0 Å². The monoisotopic (exact) mass is 370 g/mol. The molecule has 0 N–H and O–H groups in total. The maximum Gasteiger partial charge on any atom is 0.236 e. The van der Waals surface area contributed by atoms with Gasteiger partial charge in [0.25, 0.3) is 0 Å². The molecule has 2 aromatic rings. The number of hydrogen-bond donors (Lipinski definition) is 0. The number of benzene rings is 2. The Balaban J connectivity index is 1.94. The van der Waals surface area contributed by atoms with E-state index in [0.29, 0.717) is 19.6 Å². The molecule has 146 valence electrons. The predicted molar refractivity (Wildman–Crippen MR) is 108 cm³/mol. The summed E-state index contributed by atoms with van der Waals surface area (Å²) in [5, 5.41) is 0. The number of ether oxygens (including phenoxy) is 2. The summed E-state index contributed by atoms with van der Waals surface area (Å²) in [5.74, 6) is 1.81. The molecule has 0 saturated carbocycles. The Hall–Kier alpha value is -2.53. The molecule has 2 aromatic carbocycles. The third-order valence-electron chi connectivity index (χ3n) is 4.56. The molecule has 2 rings (SSSR count). The van der Waals surface area contributed by atoms with Gasteiger partial charge in [0.15, 0.2) is 0 Å². The first-order chi connectivity index (χ1) is 12.8. The van der Waals surface area contributed by atoms with Gasteiger partial charge in [-0.2, -0.15) is 0 Å². The fraction of sp³-hybridized carbons (Fsp3) is 0.409. The molecule has 0 radical (unpaired) electrons. The van der Waals surface area contributed by atoms with Gasteiger partial charge in [0.1, 0.15) is 11.5 Å². The van der Waals surface area contributed by atoms with E-state index in [1.807, 2.05) is 57.1 Å². The van der Waals surface area contributed by atoms with Crippen molar-refractivity contribution in [2.24, 2.45) is 0 Å². The van der Waals surface area contributed by atoms with Crippen LogP contribution >= 0.6 is 0 Å². The minimum Gasteiger partial charge on any atom is -0.497 e. The maximum atomic E-state index is 12.6. The summed E-state index contributed by atoms with van der Waals surface area (Å²) in [4.78, 5) is 16.3. The van der Waals surface area contributed by atoms with Crippen molar-refractivity contribution in [3.8, 4) is 11.5 Å². The number of rotatable bonds is 8. The third kappa shape index (κ3) is 5.73. The lowest BCUT2D eigenvalue weighted by Gasteiger charge is -2.23. The highest BCUT2D eigenvalue weighted by molar-refractivity contribution is 5.78. The zero-order valence-electron chi connectivity index (χ0n) is 17.2. The van der Waals surface area contributed by atoms with Crippen LogP contribution in [0, 0.1) is 13.8 Å². The number of carbonyl (C=O) groups is 1. The van der Waals surface area contributed by atoms with Gasteiger partial charge in [0, 0.05) is 20.1 Å². The smallest absolute Gasteiger partial charge is 0.236 e. The topological polar surface area (TPSA) is 42.0 Å². The van der Waals surface area contributed by atoms with E-state index in [1.54, 1.807) is 19.1 Å². The molecule has 0 fully saturated rings. The summed E-state index contributed by atoms with van der Waals surface area (Å²) in [6, 6.07) is 12.0. The molecule has 5 nitrogen and oxygen atoms in total. The van der Waals surface area contributed by atoms with Gasteiger partial charge < -0.3 is 14.4 Å². The molecular formula is C22H30N2O3. The second-order valence-electron chi connectivity index (χ2n) is 7.04. The quantitative estimate of drug-likeness (QED) is 0.714. The van der Waals surface area contributed by atoms with E-state index in [4.69, 9.17) is 9.47 Å². The summed E-state index contributed by atoms with van der Waals surface area (Å²) in [7, 11) is 7.13. The highest BCUT2D eigenvalue weighted by Gasteiger charge is 2.14. The largest absolute Gasteiger partial charge is 0.497 e. The molecule has 0 heterocycles. The first-order valence-electron chi connectivity index (χ1n) is 9.03. The van der Waals surface area contributed by atoms with Crippen molar-refractivity contribution >= 4 is 5.91 Å². The number of methoxy groups -OCH3 is 2. The van der Waals surface area contributed by atoms with E-state index in [0.717, 1.165) is 28.2 Å². The van der Waals surface area contributed by atoms with E-state index in [1.165, 1.54) is 5.56 Å². The van der Waals surface area contributed by atoms with E-state index in [-0.39, 0.29) is 5.91 Å². The predicted octanol–water partition coefficient (Wildman–Crippen LogP) is 3.41. The van der Waals surface area contributed by atoms with Crippen molar-refractivity contribution < 1.29 is 14.3 Å². The first kappa shape index (κ1) is 20.8. The lowest BCUT2D eigenvalue weighted by atomic mass is 10.1. The molecule has 5 heteroatoms. The minimum absolute atomic E-state index is 0.0854. The Morgan fingerprint density at radius 3 is 2.19 bits per heavy atom. The van der Waals surface area contributed by atoms with Crippen LogP contribution in [0.2, 0.25) is 0 Å². The van der Waals surface area contributed by atoms with Gasteiger partial charge in [-0.1, -0.05) is 24.3 Å². The standard InChI is InChI=1S/C22H30N2O3/c1-16-10-19(11-17(2)22(16)27-6)13-23(3)15-21(25)24(4)14-18-8-7-9-20(12-18)26-5/h7-12H,13-15H2,1-6H3. The van der Waals surface area contributed by atoms with E-state index in [9.17, 15) is 4.79 Å². The molecule has 0 aliphatic rings. The first-order valence-corrected chi connectivity index (χ1v) is 9.03. The molecule has 27 heavy (non-hydrogen) atoms. The minimum atomic E-state index is 0.0854. The van der Waals surface area contributed by atoms with E-state index >= 15 is 0 Å². The van der Waals surface area contributed by atoms with Crippen LogP contribution in [0.15, 0.2) is 36.4 Å². The lowest BCUT2D eigenvalue weighted by molar-refractivity contribution is -0.131. The fourth-order valence-corrected chi connectivity index (χ4v) is 3.31. The zero-order valence-corrected chi connectivity index (χ0v) is 17.2. The molecule has 0 aromatic heterocycles. The van der Waals surface area contributed by atoms with Gasteiger partial charge in [-0.15, -0.1) is 0 Å². The maximum absolute atomic E-state index is 12.6. The number of aryl methyl sites for hydroxylation is 2. The molecule has 0 unspecified atom stereocenters. The van der Waals surface area contributed by atoms with Crippen molar-refractivity contribution in [3.63, 3.8) is 0 Å². The van der Waals surface area contributed by atoms with Crippen molar-refractivity contribution in [1.29, 1.82) is 0 Å². The van der Waals surface area contributed by atoms with Crippen LogP contribution in [0.1, 0.15) is 22.3 Å². The average Bonchev–Trinajstić information content (AvgIpc) is 2.61. The Labute approximate surface area is 162 Å². The van der Waals surface area contributed by atoms with E-state index in [2.05, 4.69) is 12.1 Å². The van der Waals surface area contributed by atoms with Crippen LogP contribution in [0.3, 0.4) is 0 Å². The van der Waals surface area contributed by atoms with Gasteiger partial charge in [0.05, 0.1) is 20.8 Å². The molecule has 0 spiro atoms. The molecule has 1 amide bonds. The highest BCUT2D eigenvalue weighted by Crippen LogP contribution is 2.24. The summed E-state index contributed by atoms with van der Waals surface area (Å²) < 4.78 is 10.7. The zero-order chi connectivity index (χ0) is 20.0. The van der Waals surface area contributed by atoms with Crippen molar-refractivity contribution in [1.82, 2.24) is 9.80 Å². The normalized spacial score (nSPS) is 10.8. The van der Waals surface area contributed by atoms with Crippen molar-refractivity contribution in [2.45, 2.75) is 26.9 Å². The highest BCUT2D eigenvalue weighted by atomic mass is 16.5. The number of hydrogen-bond acceptors (Lipinski definition) is 4. The Bertz CT molecular complexity index is 766. The van der Waals surface area contributed by atoms with Crippen LogP contribution in [0.5, 0.6) is 11.5 Å². The van der Waals surface area contributed by atoms with Crippen LogP contribution in [-0.4, -0.2) is 50.6 Å². The Morgan fingerprint density at radius 1 is 0.926 bits per heavy atom. The summed E-state index contributed by atoms with van der Waals surface area (Å²) >= 11 is 0. The average molecular weight is 370 g/mol. The second-order valence-corrected chi connectivity index (χ2v) is 7.04. The second kappa shape index (κ2) is 9.42. The van der Waals surface area contributed by atoms with Crippen LogP contribution in [-0.2, 0) is 17.9 Å². The SMILES string of the molecule is COc1cccc(CN(C)C(=O)CN(C)Cc2cc(C)c(OC)c(C)c2)c1. The van der Waals surface area contributed by atoms with Gasteiger partial charge >= 0.3 is 0 Å². The van der Waals surface area contributed by atoms with Gasteiger partial charge in [0.2, 0.25) is 5.91 Å². The number of carbonyl (C=O) groups excluding carboxylic acids is 1. The summed E-state index contributed by atoms with van der Waals surface area (Å²) in [6.07, 6.45) is 0. The van der Waals surface area contributed by atoms with Crippen LogP contribution in [0.4, 0.5) is 0 Å². The Kier molecular flexibility index (Phi) is 7.25. The summed E-state index contributed by atoms with van der Waals surface area (Å²) in [5.41, 5.74) is 4.45. The Morgan fingerprint density at radius 2 is 1.59 bits per heavy atom. The fourth-order valence-electron chi connectivity index (χ4n) is 3.31. The molecule has 0 aliphatic carbocycles. The van der Waals surface area contributed by atoms with Crippen LogP contribution < -0.4 is 9.47 Å². The number of nitrogens with zero attached hydrogens (tertiary/aromatic N) is 2. The van der Waals surface area contributed by atoms with Gasteiger partial charge in [-0.3, -0.25) is 9.69 Å². The molecule has 0 bridgehead atoms. The van der Waals surface area contributed by atoms with Crippen molar-refractivity contribution in [2.75, 3.05) is 34.9 Å². The number of likely N-dealkylation sites (N-methyl/N-ethyl adjacent to an activating group) is 2. The summed E-state index contributed by atoms with van der Waals surface area (Å²) in [6.45, 7) is 5.73. The van der Waals surface area contributed by atoms with Crippen molar-refractivity contribution in [3.05, 3.63) is 58.7 Å². The lowest BCUT2D eigenvalue weighted by Crippen LogP contribution is -2.36. The molecule has 0 atom stereocenters. The molecular weight excluding hydrogens is 340 g/mol. The third-order valence-corrected chi connectivity index (χ3v) is 4.56. The number of amides is 1. The van der Waals surface area contributed by atoms with Gasteiger partial charge in [-0.25, -0.2) is 0 Å². The molecule has 0 aliphatic heterocycles. The van der Waals surface area contributed by atoms with E-state index < -0.39 is 0 Å². The molecule has 0 saturated heterocycles. The van der Waals surface area contributed by atoms with Gasteiger partial charge in [-0.05, 0) is 55.3 Å².